The van der Waals surface area contributed by atoms with Gasteiger partial charge in [0.2, 0.25) is 5.91 Å². The summed E-state index contributed by atoms with van der Waals surface area (Å²) in [6, 6.07) is 8.86. The maximum Gasteiger partial charge on any atom is 0.315 e. The number of thioether (sulfide) groups is 1. The van der Waals surface area contributed by atoms with E-state index in [9.17, 15) is 9.59 Å². The monoisotopic (exact) mass is 398 g/mol. The second-order valence-corrected chi connectivity index (χ2v) is 9.33. The number of nitrogens with one attached hydrogen (secondary N) is 3. The van der Waals surface area contributed by atoms with Crippen molar-refractivity contribution in [1.82, 2.24) is 20.5 Å². The van der Waals surface area contributed by atoms with E-state index < -0.39 is 0 Å². The third-order valence-corrected chi connectivity index (χ3v) is 7.81. The Morgan fingerprint density at radius 3 is 3.04 bits per heavy atom. The number of unbranched alkanes of at least 4 members (excludes halogenated alkanes) is 1. The van der Waals surface area contributed by atoms with E-state index in [1.165, 1.54) is 22.2 Å². The number of nitrogens with zero attached hydrogens (tertiary/aromatic N) is 1. The van der Waals surface area contributed by atoms with Crippen molar-refractivity contribution < 1.29 is 9.59 Å². The predicted octanol–water partition coefficient (Wildman–Crippen LogP) is 2.78. The Bertz CT molecular complexity index is 911. The molecule has 1 aromatic heterocycles. The van der Waals surface area contributed by atoms with Crippen LogP contribution in [0.1, 0.15) is 36.9 Å². The predicted molar refractivity (Wildman–Crippen MR) is 111 cm³/mol. The molecule has 0 bridgehead atoms. The van der Waals surface area contributed by atoms with Crippen molar-refractivity contribution in [2.45, 2.75) is 56.0 Å². The van der Waals surface area contributed by atoms with Crippen molar-refractivity contribution in [3.05, 3.63) is 35.5 Å². The zero-order valence-electron chi connectivity index (χ0n) is 15.9. The van der Waals surface area contributed by atoms with Crippen LogP contribution in [0.5, 0.6) is 0 Å². The van der Waals surface area contributed by atoms with Gasteiger partial charge < -0.3 is 20.5 Å². The fraction of sp³-hybridized carbons (Fsp3) is 0.524. The third-order valence-electron chi connectivity index (χ3n) is 6.30. The minimum absolute atomic E-state index is 0.0303. The number of benzene rings is 1. The van der Waals surface area contributed by atoms with Crippen LogP contribution in [0, 0.1) is 0 Å². The minimum atomic E-state index is -0.0303. The van der Waals surface area contributed by atoms with E-state index in [0.717, 1.165) is 44.5 Å². The lowest BCUT2D eigenvalue weighted by molar-refractivity contribution is -0.132. The molecule has 0 spiro atoms. The summed E-state index contributed by atoms with van der Waals surface area (Å²) in [7, 11) is 0. The van der Waals surface area contributed by atoms with Gasteiger partial charge in [0.25, 0.3) is 0 Å². The van der Waals surface area contributed by atoms with Gasteiger partial charge in [-0.3, -0.25) is 4.79 Å². The first kappa shape index (κ1) is 17.9. The minimum Gasteiger partial charge on any atom is -0.358 e. The summed E-state index contributed by atoms with van der Waals surface area (Å²) in [5.41, 5.74) is 3.74. The molecule has 5 rings (SSSR count). The zero-order valence-corrected chi connectivity index (χ0v) is 16.7. The van der Waals surface area contributed by atoms with Gasteiger partial charge in [-0.2, -0.15) is 11.8 Å². The van der Waals surface area contributed by atoms with Gasteiger partial charge in [0.1, 0.15) is 0 Å². The van der Waals surface area contributed by atoms with E-state index in [2.05, 4.69) is 33.8 Å². The second-order valence-electron chi connectivity index (χ2n) is 8.06. The molecule has 28 heavy (non-hydrogen) atoms. The molecule has 7 heteroatoms. The lowest BCUT2D eigenvalue weighted by Gasteiger charge is -2.27. The largest absolute Gasteiger partial charge is 0.358 e. The standard InChI is InChI=1S/C21H26N4O2S/c26-19(8-4-3-7-18-20-17(12-28-18)23-21(27)24-20)25-10-9-16-14(11-25)13-5-1-2-6-15(13)22-16/h1-2,5-6,17-18,20,22H,3-4,7-12H2,(H2,23,24,27)/t17-,18-,20-/m0/s1. The number of H-pyrrole nitrogens is 1. The third kappa shape index (κ3) is 3.26. The molecule has 0 unspecified atom stereocenters. The molecule has 3 amide bonds. The normalized spacial score (nSPS) is 26.1. The van der Waals surface area contributed by atoms with Gasteiger partial charge in [-0.1, -0.05) is 24.6 Å². The van der Waals surface area contributed by atoms with Crippen LogP contribution in [-0.4, -0.2) is 51.5 Å². The summed E-state index contributed by atoms with van der Waals surface area (Å²) in [5.74, 6) is 1.26. The SMILES string of the molecule is O=C1N[C@H]2[C@H](CS[C@H]2CCCCC(=O)N2CCc3[nH]c4ccccc4c3C2)N1. The molecule has 0 radical (unpaired) electrons. The van der Waals surface area contributed by atoms with Crippen LogP contribution in [0.25, 0.3) is 10.9 Å². The molecule has 148 valence electrons. The molecule has 2 fully saturated rings. The van der Waals surface area contributed by atoms with E-state index in [0.29, 0.717) is 11.7 Å². The number of aromatic amines is 1. The van der Waals surface area contributed by atoms with Crippen LogP contribution >= 0.6 is 11.8 Å². The molecule has 3 atom stereocenters. The highest BCUT2D eigenvalue weighted by molar-refractivity contribution is 8.00. The first-order chi connectivity index (χ1) is 13.7. The van der Waals surface area contributed by atoms with Gasteiger partial charge in [-0.05, 0) is 18.9 Å². The van der Waals surface area contributed by atoms with Crippen LogP contribution < -0.4 is 10.6 Å². The van der Waals surface area contributed by atoms with E-state index >= 15 is 0 Å². The van der Waals surface area contributed by atoms with Crippen LogP contribution in [-0.2, 0) is 17.8 Å². The number of hydrogen-bond donors (Lipinski definition) is 3. The zero-order chi connectivity index (χ0) is 19.1. The summed E-state index contributed by atoms with van der Waals surface area (Å²) in [6.45, 7) is 1.52. The Kier molecular flexibility index (Phi) is 4.70. The molecule has 4 heterocycles. The van der Waals surface area contributed by atoms with Gasteiger partial charge in [-0.25, -0.2) is 4.79 Å². The number of urea groups is 1. The Labute approximate surface area is 168 Å². The molecule has 6 nitrogen and oxygen atoms in total. The molecular weight excluding hydrogens is 372 g/mol. The topological polar surface area (TPSA) is 77.2 Å². The highest BCUT2D eigenvalue weighted by Crippen LogP contribution is 2.33. The quantitative estimate of drug-likeness (QED) is 0.535. The van der Waals surface area contributed by atoms with Crippen LogP contribution in [0.3, 0.4) is 0 Å². The Morgan fingerprint density at radius 2 is 2.11 bits per heavy atom. The molecule has 3 aliphatic rings. The Morgan fingerprint density at radius 1 is 1.21 bits per heavy atom. The highest BCUT2D eigenvalue weighted by atomic mass is 32.2. The number of fused-ring (bicyclic) bond motifs is 4. The van der Waals surface area contributed by atoms with Gasteiger partial charge in [0.15, 0.2) is 0 Å². The average Bonchev–Trinajstić information content (AvgIpc) is 3.36. The van der Waals surface area contributed by atoms with Crippen LogP contribution in [0.15, 0.2) is 24.3 Å². The first-order valence-corrected chi connectivity index (χ1v) is 11.3. The maximum atomic E-state index is 12.7. The summed E-state index contributed by atoms with van der Waals surface area (Å²) in [4.78, 5) is 29.7. The number of amides is 3. The number of carbonyl (C=O) groups is 2. The number of aromatic nitrogens is 1. The molecule has 2 saturated heterocycles. The van der Waals surface area contributed by atoms with Crippen molar-refractivity contribution in [1.29, 1.82) is 0 Å². The lowest BCUT2D eigenvalue weighted by Crippen LogP contribution is -2.37. The molecule has 2 aromatic rings. The Hall–Kier alpha value is -2.15. The summed E-state index contributed by atoms with van der Waals surface area (Å²) >= 11 is 1.94. The average molecular weight is 399 g/mol. The maximum absolute atomic E-state index is 12.7. The van der Waals surface area contributed by atoms with E-state index in [1.54, 1.807) is 0 Å². The fourth-order valence-corrected chi connectivity index (χ4v) is 6.35. The number of carbonyl (C=O) groups excluding carboxylic acids is 2. The van der Waals surface area contributed by atoms with Crippen molar-refractivity contribution in [2.24, 2.45) is 0 Å². The highest BCUT2D eigenvalue weighted by Gasteiger charge is 2.42. The Balaban J connectivity index is 1.11. The molecule has 0 aliphatic carbocycles. The van der Waals surface area contributed by atoms with Gasteiger partial charge in [0.05, 0.1) is 12.1 Å². The van der Waals surface area contributed by atoms with E-state index in [1.807, 2.05) is 22.7 Å². The lowest BCUT2D eigenvalue weighted by atomic mass is 10.0. The summed E-state index contributed by atoms with van der Waals surface area (Å²) < 4.78 is 0. The van der Waals surface area contributed by atoms with Crippen molar-refractivity contribution >= 4 is 34.6 Å². The van der Waals surface area contributed by atoms with Gasteiger partial charge >= 0.3 is 6.03 Å². The van der Waals surface area contributed by atoms with Crippen molar-refractivity contribution in [2.75, 3.05) is 12.3 Å². The molecular formula is C21H26N4O2S. The first-order valence-electron chi connectivity index (χ1n) is 10.2. The van der Waals surface area contributed by atoms with Crippen LogP contribution in [0.4, 0.5) is 4.79 Å². The fourth-order valence-electron chi connectivity index (χ4n) is 4.80. The number of hydrogen-bond acceptors (Lipinski definition) is 3. The van der Waals surface area contributed by atoms with Crippen LogP contribution in [0.2, 0.25) is 0 Å². The molecule has 3 N–H and O–H groups in total. The molecule has 1 aromatic carbocycles. The molecule has 3 aliphatic heterocycles. The number of rotatable bonds is 5. The summed E-state index contributed by atoms with van der Waals surface area (Å²) in [6.07, 6.45) is 4.55. The van der Waals surface area contributed by atoms with Gasteiger partial charge in [-0.15, -0.1) is 0 Å². The van der Waals surface area contributed by atoms with E-state index in [4.69, 9.17) is 0 Å². The van der Waals surface area contributed by atoms with Crippen molar-refractivity contribution in [3.8, 4) is 0 Å². The van der Waals surface area contributed by atoms with Crippen molar-refractivity contribution in [3.63, 3.8) is 0 Å². The number of para-hydroxylation sites is 1. The van der Waals surface area contributed by atoms with Gasteiger partial charge in [0, 0.05) is 59.1 Å². The summed E-state index contributed by atoms with van der Waals surface area (Å²) in [5, 5.41) is 7.74. The van der Waals surface area contributed by atoms with E-state index in [-0.39, 0.29) is 24.0 Å². The second kappa shape index (κ2) is 7.35. The molecule has 0 saturated carbocycles. The smallest absolute Gasteiger partial charge is 0.315 e.